The smallest absolute Gasteiger partial charge is 0.276 e. The van der Waals surface area contributed by atoms with E-state index in [0.717, 1.165) is 6.42 Å². The van der Waals surface area contributed by atoms with Crippen molar-refractivity contribution in [1.82, 2.24) is 4.98 Å². The van der Waals surface area contributed by atoms with E-state index in [4.69, 9.17) is 0 Å². The number of pyridine rings is 1. The summed E-state index contributed by atoms with van der Waals surface area (Å²) in [5.41, 5.74) is -0.0160. The average Bonchev–Trinajstić information content (AvgIpc) is 2.44. The maximum absolute atomic E-state index is 11.3. The lowest BCUT2D eigenvalue weighted by atomic mass is 10.3. The summed E-state index contributed by atoms with van der Waals surface area (Å²) in [5.74, 6) is 2.00. The molecule has 1 atom stereocenters. The van der Waals surface area contributed by atoms with Crippen LogP contribution in [0.1, 0.15) is 20.3 Å². The lowest BCUT2D eigenvalue weighted by molar-refractivity contribution is -0.384. The standard InChI is InChI=1S/C12H20N4O3S/c1-3-5-13-11-8-10(16(17)18)9-12(15-11)14-6-7-20(19)4-2/h8-9H,3-7H2,1-2H3,(H2,13,14,15). The van der Waals surface area contributed by atoms with Gasteiger partial charge in [0.05, 0.1) is 17.1 Å². The van der Waals surface area contributed by atoms with Gasteiger partial charge in [-0.15, -0.1) is 0 Å². The third-order valence-corrected chi connectivity index (χ3v) is 3.84. The summed E-state index contributed by atoms with van der Waals surface area (Å²) in [7, 11) is -0.865. The number of nitrogens with zero attached hydrogens (tertiary/aromatic N) is 2. The molecule has 0 bridgehead atoms. The molecule has 1 rings (SSSR count). The van der Waals surface area contributed by atoms with E-state index >= 15 is 0 Å². The van der Waals surface area contributed by atoms with Crippen LogP contribution in [-0.4, -0.2) is 38.7 Å². The van der Waals surface area contributed by atoms with Gasteiger partial charge >= 0.3 is 0 Å². The molecule has 1 aromatic heterocycles. The van der Waals surface area contributed by atoms with Crippen molar-refractivity contribution in [2.45, 2.75) is 20.3 Å². The Morgan fingerprint density at radius 1 is 1.25 bits per heavy atom. The molecule has 20 heavy (non-hydrogen) atoms. The maximum atomic E-state index is 11.3. The van der Waals surface area contributed by atoms with Crippen molar-refractivity contribution in [2.75, 3.05) is 35.2 Å². The van der Waals surface area contributed by atoms with E-state index in [0.29, 0.717) is 36.2 Å². The molecule has 0 aliphatic heterocycles. The number of anilines is 2. The molecule has 2 N–H and O–H groups in total. The third kappa shape index (κ3) is 5.52. The highest BCUT2D eigenvalue weighted by molar-refractivity contribution is 7.84. The molecule has 0 aromatic carbocycles. The van der Waals surface area contributed by atoms with Crippen LogP contribution in [0, 0.1) is 10.1 Å². The Labute approximate surface area is 120 Å². The summed E-state index contributed by atoms with van der Waals surface area (Å²) in [4.78, 5) is 14.7. The van der Waals surface area contributed by atoms with E-state index in [1.807, 2.05) is 13.8 Å². The Morgan fingerprint density at radius 2 is 1.85 bits per heavy atom. The number of rotatable bonds is 9. The fourth-order valence-corrected chi connectivity index (χ4v) is 2.11. The molecule has 1 heterocycles. The molecule has 7 nitrogen and oxygen atoms in total. The Hall–Kier alpha value is -1.70. The van der Waals surface area contributed by atoms with Gasteiger partial charge in [-0.25, -0.2) is 4.98 Å². The molecule has 0 saturated heterocycles. The largest absolute Gasteiger partial charge is 0.370 e. The predicted molar refractivity (Wildman–Crippen MR) is 81.7 cm³/mol. The van der Waals surface area contributed by atoms with Gasteiger partial charge in [-0.1, -0.05) is 13.8 Å². The Kier molecular flexibility index (Phi) is 6.92. The van der Waals surface area contributed by atoms with Crippen LogP contribution in [-0.2, 0) is 10.8 Å². The molecule has 1 aromatic rings. The molecule has 112 valence electrons. The normalized spacial score (nSPS) is 11.9. The first-order valence-electron chi connectivity index (χ1n) is 6.56. The Balaban J connectivity index is 2.75. The highest BCUT2D eigenvalue weighted by atomic mass is 32.2. The van der Waals surface area contributed by atoms with Crippen molar-refractivity contribution >= 4 is 28.1 Å². The van der Waals surface area contributed by atoms with Crippen LogP contribution < -0.4 is 10.6 Å². The molecule has 0 aliphatic rings. The van der Waals surface area contributed by atoms with Crippen LogP contribution in [0.15, 0.2) is 12.1 Å². The average molecular weight is 300 g/mol. The highest BCUT2D eigenvalue weighted by Crippen LogP contribution is 2.20. The maximum Gasteiger partial charge on any atom is 0.276 e. The van der Waals surface area contributed by atoms with Crippen molar-refractivity contribution in [3.63, 3.8) is 0 Å². The SMILES string of the molecule is CCCNc1cc([N+](=O)[O-])cc(NCCS(=O)CC)n1. The summed E-state index contributed by atoms with van der Waals surface area (Å²) in [6.07, 6.45) is 0.905. The second kappa shape index (κ2) is 8.47. The van der Waals surface area contributed by atoms with Gasteiger partial charge in [-0.3, -0.25) is 14.3 Å². The van der Waals surface area contributed by atoms with Crippen molar-refractivity contribution in [3.05, 3.63) is 22.2 Å². The number of aromatic nitrogens is 1. The van der Waals surface area contributed by atoms with Crippen LogP contribution in [0.2, 0.25) is 0 Å². The van der Waals surface area contributed by atoms with Gasteiger partial charge in [-0.05, 0) is 6.42 Å². The third-order valence-electron chi connectivity index (χ3n) is 2.53. The Morgan fingerprint density at radius 3 is 2.35 bits per heavy atom. The molecular formula is C12H20N4O3S. The summed E-state index contributed by atoms with van der Waals surface area (Å²) in [5, 5.41) is 16.9. The molecule has 0 radical (unpaired) electrons. The van der Waals surface area contributed by atoms with Crippen molar-refractivity contribution < 1.29 is 9.13 Å². The van der Waals surface area contributed by atoms with E-state index < -0.39 is 15.7 Å². The van der Waals surface area contributed by atoms with E-state index in [9.17, 15) is 14.3 Å². The van der Waals surface area contributed by atoms with Crippen LogP contribution in [0.3, 0.4) is 0 Å². The summed E-state index contributed by atoms with van der Waals surface area (Å²) >= 11 is 0. The van der Waals surface area contributed by atoms with Crippen molar-refractivity contribution in [2.24, 2.45) is 0 Å². The topological polar surface area (TPSA) is 97.2 Å². The van der Waals surface area contributed by atoms with E-state index in [1.165, 1.54) is 12.1 Å². The van der Waals surface area contributed by atoms with Gasteiger partial charge in [0.25, 0.3) is 5.69 Å². The molecule has 0 fully saturated rings. The van der Waals surface area contributed by atoms with Crippen LogP contribution in [0.5, 0.6) is 0 Å². The molecule has 0 spiro atoms. The van der Waals surface area contributed by atoms with Crippen LogP contribution in [0.25, 0.3) is 0 Å². The minimum absolute atomic E-state index is 0.0160. The fourth-order valence-electron chi connectivity index (χ4n) is 1.49. The number of hydrogen-bond donors (Lipinski definition) is 2. The zero-order valence-electron chi connectivity index (χ0n) is 11.7. The predicted octanol–water partition coefficient (Wildman–Crippen LogP) is 1.99. The van der Waals surface area contributed by atoms with Gasteiger partial charge in [0.1, 0.15) is 11.6 Å². The zero-order chi connectivity index (χ0) is 15.0. The first-order chi connectivity index (χ1) is 9.56. The minimum atomic E-state index is -0.865. The van der Waals surface area contributed by atoms with Gasteiger partial charge in [0, 0.05) is 35.4 Å². The first kappa shape index (κ1) is 16.4. The zero-order valence-corrected chi connectivity index (χ0v) is 12.5. The highest BCUT2D eigenvalue weighted by Gasteiger charge is 2.11. The second-order valence-electron chi connectivity index (χ2n) is 4.14. The van der Waals surface area contributed by atoms with Crippen LogP contribution in [0.4, 0.5) is 17.3 Å². The lowest BCUT2D eigenvalue weighted by Crippen LogP contribution is -2.13. The molecule has 1 unspecified atom stereocenters. The van der Waals surface area contributed by atoms with E-state index in [-0.39, 0.29) is 5.69 Å². The summed E-state index contributed by atoms with van der Waals surface area (Å²) in [6.45, 7) is 5.04. The molecule has 0 amide bonds. The monoisotopic (exact) mass is 300 g/mol. The molecular weight excluding hydrogens is 280 g/mol. The van der Waals surface area contributed by atoms with Gasteiger partial charge in [0.2, 0.25) is 0 Å². The number of nitro groups is 1. The van der Waals surface area contributed by atoms with Crippen molar-refractivity contribution in [1.29, 1.82) is 0 Å². The first-order valence-corrected chi connectivity index (χ1v) is 8.04. The molecule has 0 aliphatic carbocycles. The quantitative estimate of drug-likeness (QED) is 0.534. The van der Waals surface area contributed by atoms with Crippen molar-refractivity contribution in [3.8, 4) is 0 Å². The Bertz CT molecular complexity index is 482. The lowest BCUT2D eigenvalue weighted by Gasteiger charge is -2.08. The van der Waals surface area contributed by atoms with Crippen LogP contribution >= 0.6 is 0 Å². The summed E-state index contributed by atoms with van der Waals surface area (Å²) < 4.78 is 11.3. The molecule has 8 heteroatoms. The summed E-state index contributed by atoms with van der Waals surface area (Å²) in [6, 6.07) is 2.79. The van der Waals surface area contributed by atoms with Gasteiger partial charge in [-0.2, -0.15) is 0 Å². The fraction of sp³-hybridized carbons (Fsp3) is 0.583. The minimum Gasteiger partial charge on any atom is -0.370 e. The number of nitrogens with one attached hydrogen (secondary N) is 2. The van der Waals surface area contributed by atoms with E-state index in [1.54, 1.807) is 0 Å². The number of hydrogen-bond acceptors (Lipinski definition) is 6. The van der Waals surface area contributed by atoms with Gasteiger partial charge < -0.3 is 10.6 Å². The molecule has 0 saturated carbocycles. The second-order valence-corrected chi connectivity index (χ2v) is 6.00. The van der Waals surface area contributed by atoms with Gasteiger partial charge in [0.15, 0.2) is 0 Å². The van der Waals surface area contributed by atoms with E-state index in [2.05, 4.69) is 15.6 Å².